The highest BCUT2D eigenvalue weighted by atomic mass is 79.9. The standard InChI is InChI=1S/C15H22BrN3O/c1-10-7-11(2)15(13(16)8-10)18-14(20)9-19-5-3-12(17)4-6-19/h7-8,12H,3-6,9,17H2,1-2H3,(H,18,20). The molecular formula is C15H22BrN3O. The van der Waals surface area contributed by atoms with Crippen LogP contribution >= 0.6 is 15.9 Å². The average molecular weight is 340 g/mol. The largest absolute Gasteiger partial charge is 0.328 e. The molecule has 1 aliphatic rings. The first-order valence-corrected chi connectivity index (χ1v) is 7.79. The first-order valence-electron chi connectivity index (χ1n) is 7.00. The third kappa shape index (κ3) is 4.04. The number of nitrogens with zero attached hydrogens (tertiary/aromatic N) is 1. The molecule has 0 aromatic heterocycles. The van der Waals surface area contributed by atoms with E-state index in [-0.39, 0.29) is 5.91 Å². The fourth-order valence-electron chi connectivity index (χ4n) is 2.57. The molecule has 0 spiro atoms. The number of nitrogens with one attached hydrogen (secondary N) is 1. The molecule has 0 bridgehead atoms. The summed E-state index contributed by atoms with van der Waals surface area (Å²) in [7, 11) is 0. The summed E-state index contributed by atoms with van der Waals surface area (Å²) in [5, 5.41) is 3.01. The Labute approximate surface area is 128 Å². The van der Waals surface area contributed by atoms with Gasteiger partial charge >= 0.3 is 0 Å². The Balaban J connectivity index is 1.95. The van der Waals surface area contributed by atoms with Crippen molar-refractivity contribution in [2.24, 2.45) is 5.73 Å². The number of aryl methyl sites for hydroxylation is 2. The maximum absolute atomic E-state index is 12.1. The summed E-state index contributed by atoms with van der Waals surface area (Å²) in [5.74, 6) is 0.0353. The monoisotopic (exact) mass is 339 g/mol. The summed E-state index contributed by atoms with van der Waals surface area (Å²) in [6, 6.07) is 4.38. The third-order valence-electron chi connectivity index (χ3n) is 3.70. The number of anilines is 1. The molecule has 110 valence electrons. The van der Waals surface area contributed by atoms with Gasteiger partial charge in [-0.25, -0.2) is 0 Å². The van der Waals surface area contributed by atoms with Gasteiger partial charge in [0, 0.05) is 23.6 Å². The fourth-order valence-corrected chi connectivity index (χ4v) is 3.34. The number of rotatable bonds is 3. The van der Waals surface area contributed by atoms with Crippen LogP contribution in [0.5, 0.6) is 0 Å². The Morgan fingerprint density at radius 3 is 2.65 bits per heavy atom. The molecule has 3 N–H and O–H groups in total. The zero-order chi connectivity index (χ0) is 14.7. The minimum absolute atomic E-state index is 0.0353. The summed E-state index contributed by atoms with van der Waals surface area (Å²) in [5.41, 5.74) is 8.99. The van der Waals surface area contributed by atoms with Gasteiger partial charge < -0.3 is 11.1 Å². The molecule has 2 rings (SSSR count). The van der Waals surface area contributed by atoms with E-state index in [9.17, 15) is 4.79 Å². The molecule has 1 aromatic carbocycles. The lowest BCUT2D eigenvalue weighted by Crippen LogP contribution is -2.43. The summed E-state index contributed by atoms with van der Waals surface area (Å²) < 4.78 is 0.934. The molecule has 4 nitrogen and oxygen atoms in total. The first kappa shape index (κ1) is 15.5. The SMILES string of the molecule is Cc1cc(C)c(NC(=O)CN2CCC(N)CC2)c(Br)c1. The molecule has 20 heavy (non-hydrogen) atoms. The van der Waals surface area contributed by atoms with Crippen molar-refractivity contribution in [3.8, 4) is 0 Å². The molecule has 0 atom stereocenters. The fraction of sp³-hybridized carbons (Fsp3) is 0.533. The van der Waals surface area contributed by atoms with Crippen molar-refractivity contribution in [2.45, 2.75) is 32.7 Å². The predicted octanol–water partition coefficient (Wildman–Crippen LogP) is 2.43. The lowest BCUT2D eigenvalue weighted by molar-refractivity contribution is -0.117. The highest BCUT2D eigenvalue weighted by molar-refractivity contribution is 9.10. The highest BCUT2D eigenvalue weighted by Gasteiger charge is 2.19. The summed E-state index contributed by atoms with van der Waals surface area (Å²) in [4.78, 5) is 14.3. The van der Waals surface area contributed by atoms with E-state index in [1.807, 2.05) is 19.9 Å². The molecule has 1 saturated heterocycles. The molecule has 1 aliphatic heterocycles. The van der Waals surface area contributed by atoms with E-state index in [0.717, 1.165) is 41.7 Å². The van der Waals surface area contributed by atoms with Gasteiger partial charge in [0.25, 0.3) is 0 Å². The van der Waals surface area contributed by atoms with Gasteiger partial charge in [-0.05, 0) is 59.8 Å². The van der Waals surface area contributed by atoms with Crippen LogP contribution in [0, 0.1) is 13.8 Å². The molecule has 1 fully saturated rings. The molecule has 1 aromatic rings. The number of hydrogen-bond donors (Lipinski definition) is 2. The van der Waals surface area contributed by atoms with Gasteiger partial charge in [0.2, 0.25) is 5.91 Å². The molecule has 1 amide bonds. The van der Waals surface area contributed by atoms with Gasteiger partial charge in [-0.1, -0.05) is 6.07 Å². The second-order valence-electron chi connectivity index (χ2n) is 5.60. The van der Waals surface area contributed by atoms with Crippen LogP contribution in [0.2, 0.25) is 0 Å². The third-order valence-corrected chi connectivity index (χ3v) is 4.32. The van der Waals surface area contributed by atoms with Crippen molar-refractivity contribution in [2.75, 3.05) is 25.0 Å². The number of carbonyl (C=O) groups is 1. The Morgan fingerprint density at radius 2 is 2.05 bits per heavy atom. The summed E-state index contributed by atoms with van der Waals surface area (Å²) in [6.07, 6.45) is 1.95. The van der Waals surface area contributed by atoms with E-state index in [2.05, 4.69) is 32.2 Å². The van der Waals surface area contributed by atoms with E-state index in [0.29, 0.717) is 12.6 Å². The molecule has 0 unspecified atom stereocenters. The number of halogens is 1. The van der Waals surface area contributed by atoms with E-state index >= 15 is 0 Å². The van der Waals surface area contributed by atoms with Gasteiger partial charge in [0.05, 0.1) is 12.2 Å². The topological polar surface area (TPSA) is 58.4 Å². The number of hydrogen-bond acceptors (Lipinski definition) is 3. The van der Waals surface area contributed by atoms with Crippen LogP contribution in [0.25, 0.3) is 0 Å². The van der Waals surface area contributed by atoms with Crippen molar-refractivity contribution < 1.29 is 4.79 Å². The Kier molecular flexibility index (Phi) is 5.18. The Morgan fingerprint density at radius 1 is 1.40 bits per heavy atom. The number of piperidine rings is 1. The van der Waals surface area contributed by atoms with Crippen LogP contribution in [-0.2, 0) is 4.79 Å². The predicted molar refractivity (Wildman–Crippen MR) is 85.9 cm³/mol. The van der Waals surface area contributed by atoms with Crippen LogP contribution in [0.1, 0.15) is 24.0 Å². The number of nitrogens with two attached hydrogens (primary N) is 1. The van der Waals surface area contributed by atoms with Crippen molar-refractivity contribution in [1.29, 1.82) is 0 Å². The highest BCUT2D eigenvalue weighted by Crippen LogP contribution is 2.27. The van der Waals surface area contributed by atoms with Crippen LogP contribution in [0.15, 0.2) is 16.6 Å². The van der Waals surface area contributed by atoms with Crippen molar-refractivity contribution in [3.63, 3.8) is 0 Å². The van der Waals surface area contributed by atoms with Crippen LogP contribution in [0.3, 0.4) is 0 Å². The van der Waals surface area contributed by atoms with E-state index in [1.54, 1.807) is 0 Å². The molecule has 1 heterocycles. The lowest BCUT2D eigenvalue weighted by atomic mass is 10.1. The number of benzene rings is 1. The molecule has 5 heteroatoms. The van der Waals surface area contributed by atoms with Gasteiger partial charge in [-0.3, -0.25) is 9.69 Å². The quantitative estimate of drug-likeness (QED) is 0.889. The number of amides is 1. The van der Waals surface area contributed by atoms with Crippen LogP contribution in [-0.4, -0.2) is 36.5 Å². The van der Waals surface area contributed by atoms with Gasteiger partial charge in [-0.15, -0.1) is 0 Å². The lowest BCUT2D eigenvalue weighted by Gasteiger charge is -2.29. The molecule has 0 radical (unpaired) electrons. The van der Waals surface area contributed by atoms with Crippen molar-refractivity contribution >= 4 is 27.5 Å². The Bertz CT molecular complexity index is 473. The smallest absolute Gasteiger partial charge is 0.238 e. The minimum atomic E-state index is 0.0353. The zero-order valence-corrected chi connectivity index (χ0v) is 13.7. The summed E-state index contributed by atoms with van der Waals surface area (Å²) >= 11 is 3.51. The first-order chi connectivity index (χ1) is 9.45. The average Bonchev–Trinajstić information content (AvgIpc) is 2.36. The zero-order valence-electron chi connectivity index (χ0n) is 12.1. The van der Waals surface area contributed by atoms with Crippen molar-refractivity contribution in [1.82, 2.24) is 4.90 Å². The van der Waals surface area contributed by atoms with Gasteiger partial charge in [0.15, 0.2) is 0 Å². The number of carbonyl (C=O) groups excluding carboxylic acids is 1. The second-order valence-corrected chi connectivity index (χ2v) is 6.45. The van der Waals surface area contributed by atoms with E-state index < -0.39 is 0 Å². The maximum atomic E-state index is 12.1. The second kappa shape index (κ2) is 6.70. The molecular weight excluding hydrogens is 318 g/mol. The van der Waals surface area contributed by atoms with Crippen LogP contribution < -0.4 is 11.1 Å². The summed E-state index contributed by atoms with van der Waals surface area (Å²) in [6.45, 7) is 6.30. The normalized spacial score (nSPS) is 17.2. The van der Waals surface area contributed by atoms with Gasteiger partial charge in [0.1, 0.15) is 0 Å². The van der Waals surface area contributed by atoms with Gasteiger partial charge in [-0.2, -0.15) is 0 Å². The Hall–Kier alpha value is -0.910. The molecule has 0 saturated carbocycles. The maximum Gasteiger partial charge on any atom is 0.238 e. The van der Waals surface area contributed by atoms with E-state index in [1.165, 1.54) is 5.56 Å². The minimum Gasteiger partial charge on any atom is -0.328 e. The van der Waals surface area contributed by atoms with Crippen molar-refractivity contribution in [3.05, 3.63) is 27.7 Å². The number of likely N-dealkylation sites (tertiary alicyclic amines) is 1. The van der Waals surface area contributed by atoms with Crippen LogP contribution in [0.4, 0.5) is 5.69 Å². The molecule has 0 aliphatic carbocycles. The van der Waals surface area contributed by atoms with E-state index in [4.69, 9.17) is 5.73 Å².